The molecule has 0 bridgehead atoms. The zero-order valence-electron chi connectivity index (χ0n) is 13.3. The molecule has 1 N–H and O–H groups in total. The van der Waals surface area contributed by atoms with Gasteiger partial charge in [-0.1, -0.05) is 0 Å². The van der Waals surface area contributed by atoms with E-state index < -0.39 is 0 Å². The summed E-state index contributed by atoms with van der Waals surface area (Å²) in [5.41, 5.74) is 1.36. The standard InChI is InChI=1S/C17H22N2O4/c1-22-14-8-7-12(18-17(21)15-5-4-10-23-15)11-13(14)19-9-3-2-6-16(19)20/h7-8,11,15H,2-6,9-10H2,1H3,(H,18,21)/t15-/m0/s1. The summed E-state index contributed by atoms with van der Waals surface area (Å²) in [6.45, 7) is 1.31. The zero-order valence-corrected chi connectivity index (χ0v) is 13.3. The first kappa shape index (κ1) is 15.8. The minimum atomic E-state index is -0.378. The topological polar surface area (TPSA) is 67.9 Å². The second kappa shape index (κ2) is 7.00. The van der Waals surface area contributed by atoms with Crippen molar-refractivity contribution in [3.8, 4) is 5.75 Å². The molecule has 1 atom stereocenters. The fourth-order valence-electron chi connectivity index (χ4n) is 3.05. The minimum absolute atomic E-state index is 0.0946. The Morgan fingerprint density at radius 3 is 2.91 bits per heavy atom. The number of ether oxygens (including phenoxy) is 2. The van der Waals surface area contributed by atoms with E-state index in [1.54, 1.807) is 30.2 Å². The van der Waals surface area contributed by atoms with E-state index >= 15 is 0 Å². The van der Waals surface area contributed by atoms with E-state index in [1.165, 1.54) is 0 Å². The fourth-order valence-corrected chi connectivity index (χ4v) is 3.05. The van der Waals surface area contributed by atoms with Gasteiger partial charge in [-0.15, -0.1) is 0 Å². The highest BCUT2D eigenvalue weighted by atomic mass is 16.5. The molecular formula is C17H22N2O4. The van der Waals surface area contributed by atoms with Gasteiger partial charge in [0.1, 0.15) is 11.9 Å². The molecule has 3 rings (SSSR count). The maximum absolute atomic E-state index is 12.2. The van der Waals surface area contributed by atoms with Crippen LogP contribution in [-0.4, -0.2) is 38.2 Å². The van der Waals surface area contributed by atoms with Gasteiger partial charge in [-0.05, 0) is 43.9 Å². The molecule has 2 heterocycles. The Morgan fingerprint density at radius 2 is 2.22 bits per heavy atom. The summed E-state index contributed by atoms with van der Waals surface area (Å²) in [4.78, 5) is 26.1. The van der Waals surface area contributed by atoms with Crippen molar-refractivity contribution in [1.29, 1.82) is 0 Å². The Kier molecular flexibility index (Phi) is 4.81. The molecule has 2 fully saturated rings. The molecule has 1 aromatic rings. The maximum atomic E-state index is 12.2. The first-order valence-electron chi connectivity index (χ1n) is 8.10. The molecule has 1 aromatic carbocycles. The molecular weight excluding hydrogens is 296 g/mol. The predicted octanol–water partition coefficient (Wildman–Crippen LogP) is 2.33. The molecule has 2 aliphatic heterocycles. The van der Waals surface area contributed by atoms with E-state index in [2.05, 4.69) is 5.32 Å². The van der Waals surface area contributed by atoms with Crippen LogP contribution in [0.2, 0.25) is 0 Å². The van der Waals surface area contributed by atoms with Gasteiger partial charge in [0.15, 0.2) is 0 Å². The first-order valence-corrected chi connectivity index (χ1v) is 8.10. The van der Waals surface area contributed by atoms with E-state index in [0.717, 1.165) is 25.7 Å². The van der Waals surface area contributed by atoms with Crippen LogP contribution >= 0.6 is 0 Å². The van der Waals surface area contributed by atoms with Crippen molar-refractivity contribution in [3.05, 3.63) is 18.2 Å². The second-order valence-electron chi connectivity index (χ2n) is 5.88. The minimum Gasteiger partial charge on any atom is -0.495 e. The summed E-state index contributed by atoms with van der Waals surface area (Å²) in [7, 11) is 1.58. The highest BCUT2D eigenvalue weighted by Crippen LogP contribution is 2.33. The van der Waals surface area contributed by atoms with Gasteiger partial charge in [-0.2, -0.15) is 0 Å². The number of carbonyl (C=O) groups is 2. The number of hydrogen-bond acceptors (Lipinski definition) is 4. The van der Waals surface area contributed by atoms with Crippen molar-refractivity contribution in [2.75, 3.05) is 30.5 Å². The van der Waals surface area contributed by atoms with Crippen LogP contribution in [0.4, 0.5) is 11.4 Å². The highest BCUT2D eigenvalue weighted by molar-refractivity contribution is 5.98. The Hall–Kier alpha value is -2.08. The van der Waals surface area contributed by atoms with Crippen LogP contribution in [0.25, 0.3) is 0 Å². The average molecular weight is 318 g/mol. The number of nitrogens with one attached hydrogen (secondary N) is 1. The average Bonchev–Trinajstić information content (AvgIpc) is 3.10. The van der Waals surface area contributed by atoms with E-state index in [-0.39, 0.29) is 17.9 Å². The lowest BCUT2D eigenvalue weighted by Crippen LogP contribution is -2.35. The van der Waals surface area contributed by atoms with Crippen molar-refractivity contribution in [2.45, 2.75) is 38.2 Å². The van der Waals surface area contributed by atoms with Crippen molar-refractivity contribution in [2.24, 2.45) is 0 Å². The van der Waals surface area contributed by atoms with Crippen molar-refractivity contribution in [1.82, 2.24) is 0 Å². The first-order chi connectivity index (χ1) is 11.2. The lowest BCUT2D eigenvalue weighted by Gasteiger charge is -2.28. The Labute approximate surface area is 135 Å². The number of rotatable bonds is 4. The van der Waals surface area contributed by atoms with E-state index in [9.17, 15) is 9.59 Å². The van der Waals surface area contributed by atoms with E-state index in [0.29, 0.717) is 36.7 Å². The van der Waals surface area contributed by atoms with Crippen LogP contribution in [0.1, 0.15) is 32.1 Å². The molecule has 0 radical (unpaired) electrons. The molecule has 0 aliphatic carbocycles. The van der Waals surface area contributed by atoms with Gasteiger partial charge in [-0.25, -0.2) is 0 Å². The Bertz CT molecular complexity index is 596. The number of benzene rings is 1. The number of hydrogen-bond donors (Lipinski definition) is 1. The quantitative estimate of drug-likeness (QED) is 0.925. The fraction of sp³-hybridized carbons (Fsp3) is 0.529. The van der Waals surface area contributed by atoms with Crippen molar-refractivity contribution < 1.29 is 19.1 Å². The monoisotopic (exact) mass is 318 g/mol. The van der Waals surface area contributed by atoms with E-state index in [1.807, 2.05) is 0 Å². The molecule has 2 aliphatic rings. The summed E-state index contributed by atoms with van der Waals surface area (Å²) in [5.74, 6) is 0.594. The van der Waals surface area contributed by atoms with E-state index in [4.69, 9.17) is 9.47 Å². The third-order valence-electron chi connectivity index (χ3n) is 4.28. The van der Waals surface area contributed by atoms with Gasteiger partial charge in [0.05, 0.1) is 12.8 Å². The molecule has 2 saturated heterocycles. The molecule has 6 nitrogen and oxygen atoms in total. The Morgan fingerprint density at radius 1 is 1.35 bits per heavy atom. The number of anilines is 2. The third-order valence-corrected chi connectivity index (χ3v) is 4.28. The number of methoxy groups -OCH3 is 1. The summed E-state index contributed by atoms with van der Waals surface area (Å²) >= 11 is 0. The van der Waals surface area contributed by atoms with Crippen LogP contribution in [0.15, 0.2) is 18.2 Å². The summed E-state index contributed by atoms with van der Waals surface area (Å²) in [6.07, 6.45) is 3.73. The predicted molar refractivity (Wildman–Crippen MR) is 86.8 cm³/mol. The van der Waals surface area contributed by atoms with Gasteiger partial charge < -0.3 is 19.7 Å². The maximum Gasteiger partial charge on any atom is 0.253 e. The van der Waals surface area contributed by atoms with Gasteiger partial charge in [-0.3, -0.25) is 9.59 Å². The number of nitrogens with zero attached hydrogens (tertiary/aromatic N) is 1. The largest absolute Gasteiger partial charge is 0.495 e. The van der Waals surface area contributed by atoms with Gasteiger partial charge >= 0.3 is 0 Å². The van der Waals surface area contributed by atoms with Crippen LogP contribution in [0.3, 0.4) is 0 Å². The van der Waals surface area contributed by atoms with Crippen LogP contribution in [0.5, 0.6) is 5.75 Å². The number of carbonyl (C=O) groups excluding carboxylic acids is 2. The number of piperidine rings is 1. The molecule has 23 heavy (non-hydrogen) atoms. The van der Waals surface area contributed by atoms with Gasteiger partial charge in [0, 0.05) is 25.3 Å². The normalized spacial score (nSPS) is 21.3. The molecule has 0 aromatic heterocycles. The highest BCUT2D eigenvalue weighted by Gasteiger charge is 2.25. The lowest BCUT2D eigenvalue weighted by molar-refractivity contribution is -0.124. The SMILES string of the molecule is COc1ccc(NC(=O)[C@@H]2CCCO2)cc1N1CCCCC1=O. The third kappa shape index (κ3) is 3.47. The molecule has 0 saturated carbocycles. The lowest BCUT2D eigenvalue weighted by atomic mass is 10.1. The van der Waals surface area contributed by atoms with Crippen LogP contribution < -0.4 is 15.0 Å². The van der Waals surface area contributed by atoms with Crippen LogP contribution in [0, 0.1) is 0 Å². The van der Waals surface area contributed by atoms with Crippen molar-refractivity contribution in [3.63, 3.8) is 0 Å². The van der Waals surface area contributed by atoms with Gasteiger partial charge in [0.2, 0.25) is 5.91 Å². The molecule has 2 amide bonds. The second-order valence-corrected chi connectivity index (χ2v) is 5.88. The van der Waals surface area contributed by atoms with Gasteiger partial charge in [0.25, 0.3) is 5.91 Å². The molecule has 124 valence electrons. The van der Waals surface area contributed by atoms with Crippen molar-refractivity contribution >= 4 is 23.2 Å². The summed E-state index contributed by atoms with van der Waals surface area (Å²) in [5, 5.41) is 2.87. The molecule has 0 unspecified atom stereocenters. The Balaban J connectivity index is 1.80. The molecule has 0 spiro atoms. The molecule has 6 heteroatoms. The summed E-state index contributed by atoms with van der Waals surface area (Å²) in [6, 6.07) is 5.36. The number of amides is 2. The summed E-state index contributed by atoms with van der Waals surface area (Å²) < 4.78 is 10.8. The van der Waals surface area contributed by atoms with Crippen LogP contribution in [-0.2, 0) is 14.3 Å². The zero-order chi connectivity index (χ0) is 16.2. The smallest absolute Gasteiger partial charge is 0.253 e.